The molecule has 0 fully saturated rings. The highest BCUT2D eigenvalue weighted by Crippen LogP contribution is 2.30. The van der Waals surface area contributed by atoms with Crippen LogP contribution < -0.4 is 10.6 Å². The molecule has 0 heterocycles. The normalized spacial score (nSPS) is 15.8. The molecule has 0 saturated heterocycles. The molecule has 1 atom stereocenters. The molecule has 0 bridgehead atoms. The minimum absolute atomic E-state index is 0.0126. The van der Waals surface area contributed by atoms with Gasteiger partial charge >= 0.3 is 0 Å². The Hall–Kier alpha value is -2.91. The summed E-state index contributed by atoms with van der Waals surface area (Å²) in [5, 5.41) is 6.52. The van der Waals surface area contributed by atoms with Gasteiger partial charge < -0.3 is 10.6 Å². The zero-order valence-electron chi connectivity index (χ0n) is 15.3. The van der Waals surface area contributed by atoms with Crippen LogP contribution in [0.1, 0.15) is 30.0 Å². The molecular weight excluding hydrogens is 332 g/mol. The number of carbonyl (C=O) groups excluding carboxylic acids is 1. The largest absolute Gasteiger partial charge is 0.324 e. The summed E-state index contributed by atoms with van der Waals surface area (Å²) in [5.41, 5.74) is 5.72. The van der Waals surface area contributed by atoms with Crippen LogP contribution >= 0.6 is 0 Å². The number of hydrogen-bond donors (Lipinski definition) is 2. The highest BCUT2D eigenvalue weighted by atomic mass is 16.1. The summed E-state index contributed by atoms with van der Waals surface area (Å²) in [6, 6.07) is 26.9. The third-order valence-electron chi connectivity index (χ3n) is 5.16. The first-order valence-corrected chi connectivity index (χ1v) is 9.57. The van der Waals surface area contributed by atoms with Gasteiger partial charge in [-0.1, -0.05) is 72.8 Å². The molecular formula is C24H24N2O. The van der Waals surface area contributed by atoms with Gasteiger partial charge in [0, 0.05) is 17.3 Å². The van der Waals surface area contributed by atoms with Crippen molar-refractivity contribution in [3.8, 4) is 11.1 Å². The molecule has 0 saturated carbocycles. The van der Waals surface area contributed by atoms with Gasteiger partial charge in [-0.25, -0.2) is 0 Å². The molecule has 0 spiro atoms. The standard InChI is InChI=1S/C24H24N2O/c27-24(17-25-22-16-8-12-19-11-4-5-13-20(19)22)26-23-15-7-6-14-21(23)18-9-2-1-3-10-18/h1-7,9-11,13-15,22,25H,8,12,16-17H2,(H,26,27)/t22-/m1/s1. The van der Waals surface area contributed by atoms with Crippen molar-refractivity contribution in [3.63, 3.8) is 0 Å². The van der Waals surface area contributed by atoms with E-state index < -0.39 is 0 Å². The summed E-state index contributed by atoms with van der Waals surface area (Å²) < 4.78 is 0. The number of anilines is 1. The molecule has 3 heteroatoms. The van der Waals surface area contributed by atoms with Gasteiger partial charge in [0.2, 0.25) is 5.91 Å². The van der Waals surface area contributed by atoms with E-state index in [1.165, 1.54) is 11.1 Å². The van der Waals surface area contributed by atoms with E-state index in [2.05, 4.69) is 47.0 Å². The molecule has 1 aliphatic rings. The Morgan fingerprint density at radius 2 is 1.63 bits per heavy atom. The molecule has 27 heavy (non-hydrogen) atoms. The molecule has 136 valence electrons. The Bertz CT molecular complexity index is 920. The van der Waals surface area contributed by atoms with Gasteiger partial charge in [0.1, 0.15) is 0 Å². The van der Waals surface area contributed by atoms with Crippen LogP contribution in [-0.2, 0) is 11.2 Å². The predicted molar refractivity (Wildman–Crippen MR) is 111 cm³/mol. The number of aryl methyl sites for hydroxylation is 1. The lowest BCUT2D eigenvalue weighted by Crippen LogP contribution is -2.33. The first kappa shape index (κ1) is 17.5. The first-order valence-electron chi connectivity index (χ1n) is 9.57. The molecule has 0 aliphatic heterocycles. The van der Waals surface area contributed by atoms with Crippen LogP contribution in [0.5, 0.6) is 0 Å². The summed E-state index contributed by atoms with van der Waals surface area (Å²) in [7, 11) is 0. The predicted octanol–water partition coefficient (Wildman–Crippen LogP) is 4.96. The van der Waals surface area contributed by atoms with Gasteiger partial charge in [0.15, 0.2) is 0 Å². The van der Waals surface area contributed by atoms with E-state index in [4.69, 9.17) is 0 Å². The van der Waals surface area contributed by atoms with Crippen LogP contribution in [0.4, 0.5) is 5.69 Å². The van der Waals surface area contributed by atoms with Gasteiger partial charge in [0.25, 0.3) is 0 Å². The molecule has 3 nitrogen and oxygen atoms in total. The fraction of sp³-hybridized carbons (Fsp3) is 0.208. The Morgan fingerprint density at radius 1 is 0.889 bits per heavy atom. The molecule has 4 rings (SSSR count). The van der Waals surface area contributed by atoms with Crippen LogP contribution in [0.25, 0.3) is 11.1 Å². The highest BCUT2D eigenvalue weighted by molar-refractivity contribution is 5.96. The second kappa shape index (κ2) is 8.19. The minimum Gasteiger partial charge on any atom is -0.324 e. The smallest absolute Gasteiger partial charge is 0.238 e. The van der Waals surface area contributed by atoms with Crippen molar-refractivity contribution < 1.29 is 4.79 Å². The van der Waals surface area contributed by atoms with Gasteiger partial charge in [0.05, 0.1) is 6.54 Å². The maximum absolute atomic E-state index is 12.6. The third-order valence-corrected chi connectivity index (χ3v) is 5.16. The monoisotopic (exact) mass is 356 g/mol. The van der Waals surface area contributed by atoms with E-state index in [9.17, 15) is 4.79 Å². The highest BCUT2D eigenvalue weighted by Gasteiger charge is 2.20. The van der Waals surface area contributed by atoms with Gasteiger partial charge in [-0.05, 0) is 42.0 Å². The van der Waals surface area contributed by atoms with Gasteiger partial charge in [-0.2, -0.15) is 0 Å². The number of hydrogen-bond acceptors (Lipinski definition) is 2. The van der Waals surface area contributed by atoms with E-state index in [0.29, 0.717) is 6.54 Å². The number of benzene rings is 3. The molecule has 2 N–H and O–H groups in total. The molecule has 0 unspecified atom stereocenters. The Labute approximate surface area is 160 Å². The van der Waals surface area contributed by atoms with Crippen molar-refractivity contribution in [2.75, 3.05) is 11.9 Å². The Morgan fingerprint density at radius 3 is 2.52 bits per heavy atom. The minimum atomic E-state index is -0.0126. The first-order chi connectivity index (χ1) is 13.3. The van der Waals surface area contributed by atoms with Crippen molar-refractivity contribution in [2.45, 2.75) is 25.3 Å². The van der Waals surface area contributed by atoms with Crippen molar-refractivity contribution in [3.05, 3.63) is 90.0 Å². The average Bonchev–Trinajstić information content (AvgIpc) is 2.73. The van der Waals surface area contributed by atoms with Crippen LogP contribution in [0.3, 0.4) is 0 Å². The molecule has 1 amide bonds. The second-order valence-electron chi connectivity index (χ2n) is 6.98. The second-order valence-corrected chi connectivity index (χ2v) is 6.98. The fourth-order valence-electron chi connectivity index (χ4n) is 3.84. The number of nitrogens with one attached hydrogen (secondary N) is 2. The molecule has 1 aliphatic carbocycles. The maximum atomic E-state index is 12.6. The molecule has 0 radical (unpaired) electrons. The summed E-state index contributed by atoms with van der Waals surface area (Å²) in [6.45, 7) is 0.308. The lowest BCUT2D eigenvalue weighted by molar-refractivity contribution is -0.115. The van der Waals surface area contributed by atoms with Crippen LogP contribution in [0, 0.1) is 0 Å². The lowest BCUT2D eigenvalue weighted by atomic mass is 9.88. The van der Waals surface area contributed by atoms with Crippen molar-refractivity contribution >= 4 is 11.6 Å². The topological polar surface area (TPSA) is 41.1 Å². The van der Waals surface area contributed by atoms with E-state index in [-0.39, 0.29) is 11.9 Å². The van der Waals surface area contributed by atoms with Crippen LogP contribution in [-0.4, -0.2) is 12.5 Å². The SMILES string of the molecule is O=C(CN[C@@H]1CCCc2ccccc21)Nc1ccccc1-c1ccccc1. The number of rotatable bonds is 5. The number of amides is 1. The number of fused-ring (bicyclic) bond motifs is 1. The van der Waals surface area contributed by atoms with Gasteiger partial charge in [-0.15, -0.1) is 0 Å². The molecule has 0 aromatic heterocycles. The Kier molecular flexibility index (Phi) is 5.31. The quantitative estimate of drug-likeness (QED) is 0.678. The average molecular weight is 356 g/mol. The van der Waals surface area contributed by atoms with Crippen LogP contribution in [0.2, 0.25) is 0 Å². The zero-order chi connectivity index (χ0) is 18.5. The maximum Gasteiger partial charge on any atom is 0.238 e. The summed E-state index contributed by atoms with van der Waals surface area (Å²) in [6.07, 6.45) is 3.36. The van der Waals surface area contributed by atoms with E-state index in [1.807, 2.05) is 42.5 Å². The lowest BCUT2D eigenvalue weighted by Gasteiger charge is -2.26. The summed E-state index contributed by atoms with van der Waals surface area (Å²) in [4.78, 5) is 12.6. The van der Waals surface area contributed by atoms with Gasteiger partial charge in [-0.3, -0.25) is 4.79 Å². The zero-order valence-corrected chi connectivity index (χ0v) is 15.3. The van der Waals surface area contributed by atoms with Crippen molar-refractivity contribution in [1.82, 2.24) is 5.32 Å². The van der Waals surface area contributed by atoms with Crippen molar-refractivity contribution in [1.29, 1.82) is 0 Å². The Balaban J connectivity index is 1.43. The molecule has 3 aromatic rings. The van der Waals surface area contributed by atoms with Crippen molar-refractivity contribution in [2.24, 2.45) is 0 Å². The van der Waals surface area contributed by atoms with Crippen LogP contribution in [0.15, 0.2) is 78.9 Å². The van der Waals surface area contributed by atoms with E-state index in [0.717, 1.165) is 36.1 Å². The fourth-order valence-corrected chi connectivity index (χ4v) is 3.84. The number of carbonyl (C=O) groups is 1. The summed E-state index contributed by atoms with van der Waals surface area (Å²) in [5.74, 6) is -0.0126. The van der Waals surface area contributed by atoms with E-state index in [1.54, 1.807) is 0 Å². The molecule has 3 aromatic carbocycles. The summed E-state index contributed by atoms with van der Waals surface area (Å²) >= 11 is 0. The van der Waals surface area contributed by atoms with E-state index >= 15 is 0 Å². The number of para-hydroxylation sites is 1. The third kappa shape index (κ3) is 4.09.